The van der Waals surface area contributed by atoms with Crippen LogP contribution in [0, 0.1) is 0 Å². The van der Waals surface area contributed by atoms with E-state index in [-0.39, 0.29) is 24.0 Å². The highest BCUT2D eigenvalue weighted by Crippen LogP contribution is 2.17. The van der Waals surface area contributed by atoms with E-state index in [4.69, 9.17) is 0 Å². The zero-order valence-corrected chi connectivity index (χ0v) is 17.8. The predicted octanol–water partition coefficient (Wildman–Crippen LogP) is 2.09. The second-order valence-corrected chi connectivity index (χ2v) is 5.67. The van der Waals surface area contributed by atoms with Gasteiger partial charge >= 0.3 is 0 Å². The number of nitrogens with zero attached hydrogens (tertiary/aromatic N) is 6. The van der Waals surface area contributed by atoms with Gasteiger partial charge in [0.25, 0.3) is 0 Å². The molecule has 2 aromatic rings. The summed E-state index contributed by atoms with van der Waals surface area (Å²) < 4.78 is 1.74. The number of nitrogens with one attached hydrogen (secondary N) is 2. The van der Waals surface area contributed by atoms with Gasteiger partial charge in [-0.15, -0.1) is 24.0 Å². The molecule has 2 N–H and O–H groups in total. The fourth-order valence-electron chi connectivity index (χ4n) is 2.41. The molecule has 0 spiro atoms. The Bertz CT molecular complexity index is 669. The quantitative estimate of drug-likeness (QED) is 0.272. The Balaban J connectivity index is 0.00000312. The van der Waals surface area contributed by atoms with Crippen molar-refractivity contribution in [3.8, 4) is 0 Å². The number of aryl methyl sites for hydroxylation is 1. The summed E-state index contributed by atoms with van der Waals surface area (Å²) in [5, 5.41) is 11.8. The molecule has 0 aromatic carbocycles. The van der Waals surface area contributed by atoms with E-state index < -0.39 is 0 Å². The zero-order valence-electron chi connectivity index (χ0n) is 15.5. The zero-order chi connectivity index (χ0) is 17.4. The highest BCUT2D eigenvalue weighted by molar-refractivity contribution is 14.0. The Labute approximate surface area is 166 Å². The third-order valence-electron chi connectivity index (χ3n) is 3.74. The average Bonchev–Trinajstić information content (AvgIpc) is 2.97. The van der Waals surface area contributed by atoms with Crippen LogP contribution in [0.25, 0.3) is 11.0 Å². The van der Waals surface area contributed by atoms with Crippen LogP contribution in [0.1, 0.15) is 26.7 Å². The molecule has 140 valence electrons. The number of hydrogen-bond donors (Lipinski definition) is 2. The summed E-state index contributed by atoms with van der Waals surface area (Å²) in [4.78, 5) is 15.4. The maximum absolute atomic E-state index is 4.67. The Morgan fingerprint density at radius 2 is 2.12 bits per heavy atom. The van der Waals surface area contributed by atoms with E-state index in [2.05, 4.69) is 56.5 Å². The van der Waals surface area contributed by atoms with Crippen LogP contribution in [0.4, 0.5) is 5.82 Å². The van der Waals surface area contributed by atoms with E-state index in [0.717, 1.165) is 35.9 Å². The van der Waals surface area contributed by atoms with Crippen molar-refractivity contribution < 1.29 is 0 Å². The smallest absolute Gasteiger partial charge is 0.193 e. The molecule has 0 aliphatic heterocycles. The Morgan fingerprint density at radius 3 is 2.84 bits per heavy atom. The normalized spacial score (nSPS) is 11.3. The number of aliphatic imine (C=N–C) groups is 1. The van der Waals surface area contributed by atoms with Crippen molar-refractivity contribution in [1.82, 2.24) is 30.0 Å². The monoisotopic (exact) mass is 460 g/mol. The van der Waals surface area contributed by atoms with E-state index in [1.54, 1.807) is 17.2 Å². The van der Waals surface area contributed by atoms with Crippen molar-refractivity contribution in [2.75, 3.05) is 38.5 Å². The summed E-state index contributed by atoms with van der Waals surface area (Å²) >= 11 is 0. The number of guanidine groups is 1. The number of hydrogen-bond acceptors (Lipinski definition) is 5. The van der Waals surface area contributed by atoms with Gasteiger partial charge in [0.15, 0.2) is 11.6 Å². The molecule has 9 heteroatoms. The number of unbranched alkanes of at least 4 members (excludes halogenated alkanes) is 1. The Hall–Kier alpha value is -1.65. The standard InChI is InChI=1S/C16H28N8.HI/c1-5-7-10-23(3)16(17-6-2)19-9-8-18-14-13-11-22-24(4)15(13)21-12-20-14;/h11-12H,5-10H2,1-4H3,(H,17,19)(H,18,20,21);1H. The van der Waals surface area contributed by atoms with Crippen LogP contribution >= 0.6 is 24.0 Å². The molecule has 2 rings (SSSR count). The second-order valence-electron chi connectivity index (χ2n) is 5.67. The van der Waals surface area contributed by atoms with E-state index >= 15 is 0 Å². The van der Waals surface area contributed by atoms with Gasteiger partial charge in [0.2, 0.25) is 0 Å². The van der Waals surface area contributed by atoms with E-state index in [0.29, 0.717) is 13.1 Å². The maximum Gasteiger partial charge on any atom is 0.193 e. The van der Waals surface area contributed by atoms with Crippen LogP contribution in [0.5, 0.6) is 0 Å². The second kappa shape index (κ2) is 11.1. The van der Waals surface area contributed by atoms with Gasteiger partial charge in [0.1, 0.15) is 12.1 Å². The van der Waals surface area contributed by atoms with Gasteiger partial charge in [-0.3, -0.25) is 9.67 Å². The number of rotatable bonds is 8. The highest BCUT2D eigenvalue weighted by Gasteiger charge is 2.07. The molecule has 0 radical (unpaired) electrons. The predicted molar refractivity (Wildman–Crippen MR) is 114 cm³/mol. The molecule has 0 bridgehead atoms. The number of halogens is 1. The molecular weight excluding hydrogens is 431 g/mol. The molecule has 2 aromatic heterocycles. The minimum atomic E-state index is 0. The largest absolute Gasteiger partial charge is 0.367 e. The summed E-state index contributed by atoms with van der Waals surface area (Å²) in [7, 11) is 3.95. The van der Waals surface area contributed by atoms with Crippen LogP contribution in [-0.2, 0) is 7.05 Å². The van der Waals surface area contributed by atoms with E-state index in [9.17, 15) is 0 Å². The number of anilines is 1. The van der Waals surface area contributed by atoms with Crippen LogP contribution in [0.3, 0.4) is 0 Å². The fraction of sp³-hybridized carbons (Fsp3) is 0.625. The first kappa shape index (κ1) is 21.4. The summed E-state index contributed by atoms with van der Waals surface area (Å²) in [6.45, 7) is 7.54. The van der Waals surface area contributed by atoms with Crippen molar-refractivity contribution in [3.63, 3.8) is 0 Å². The molecule has 0 amide bonds. The van der Waals surface area contributed by atoms with Gasteiger partial charge in [-0.2, -0.15) is 5.10 Å². The summed E-state index contributed by atoms with van der Waals surface area (Å²) in [6, 6.07) is 0. The van der Waals surface area contributed by atoms with Crippen molar-refractivity contribution in [3.05, 3.63) is 12.5 Å². The Morgan fingerprint density at radius 1 is 1.32 bits per heavy atom. The molecule has 0 saturated carbocycles. The molecule has 0 atom stereocenters. The first-order valence-electron chi connectivity index (χ1n) is 8.53. The van der Waals surface area contributed by atoms with Gasteiger partial charge in [-0.25, -0.2) is 9.97 Å². The highest BCUT2D eigenvalue weighted by atomic mass is 127. The van der Waals surface area contributed by atoms with Crippen molar-refractivity contribution >= 4 is 46.8 Å². The average molecular weight is 460 g/mol. The molecule has 2 heterocycles. The lowest BCUT2D eigenvalue weighted by molar-refractivity contribution is 0.465. The molecular formula is C16H29IN8. The molecule has 0 saturated heterocycles. The topological polar surface area (TPSA) is 83.3 Å². The van der Waals surface area contributed by atoms with E-state index in [1.807, 2.05) is 7.05 Å². The molecule has 0 aliphatic carbocycles. The summed E-state index contributed by atoms with van der Waals surface area (Å²) in [6.07, 6.45) is 5.68. The first-order valence-corrected chi connectivity index (χ1v) is 8.53. The number of aromatic nitrogens is 4. The van der Waals surface area contributed by atoms with Crippen LogP contribution < -0.4 is 10.6 Å². The van der Waals surface area contributed by atoms with Crippen LogP contribution in [-0.4, -0.2) is 63.8 Å². The lowest BCUT2D eigenvalue weighted by atomic mass is 10.3. The molecule has 8 nitrogen and oxygen atoms in total. The van der Waals surface area contributed by atoms with Gasteiger partial charge in [0.05, 0.1) is 18.1 Å². The maximum atomic E-state index is 4.67. The van der Waals surface area contributed by atoms with Crippen LogP contribution in [0.15, 0.2) is 17.5 Å². The van der Waals surface area contributed by atoms with Gasteiger partial charge < -0.3 is 15.5 Å². The fourth-order valence-corrected chi connectivity index (χ4v) is 2.41. The first-order chi connectivity index (χ1) is 11.7. The van der Waals surface area contributed by atoms with Gasteiger partial charge in [-0.1, -0.05) is 13.3 Å². The number of fused-ring (bicyclic) bond motifs is 1. The third-order valence-corrected chi connectivity index (χ3v) is 3.74. The third kappa shape index (κ3) is 5.98. The molecule has 25 heavy (non-hydrogen) atoms. The Kier molecular flexibility index (Phi) is 9.46. The van der Waals surface area contributed by atoms with Crippen LogP contribution in [0.2, 0.25) is 0 Å². The van der Waals surface area contributed by atoms with Crippen molar-refractivity contribution in [2.24, 2.45) is 12.0 Å². The summed E-state index contributed by atoms with van der Waals surface area (Å²) in [5.74, 6) is 1.75. The SMILES string of the molecule is CCCCN(C)C(=NCCNc1ncnc2c1cnn2C)NCC.I. The minimum absolute atomic E-state index is 0. The molecule has 0 fully saturated rings. The lowest BCUT2D eigenvalue weighted by Crippen LogP contribution is -2.39. The van der Waals surface area contributed by atoms with Crippen molar-refractivity contribution in [1.29, 1.82) is 0 Å². The molecule has 0 unspecified atom stereocenters. The molecule has 0 aliphatic rings. The summed E-state index contributed by atoms with van der Waals surface area (Å²) in [5.41, 5.74) is 0.823. The van der Waals surface area contributed by atoms with Gasteiger partial charge in [0, 0.05) is 33.7 Å². The van der Waals surface area contributed by atoms with E-state index in [1.165, 1.54) is 12.8 Å². The lowest BCUT2D eigenvalue weighted by Gasteiger charge is -2.21. The van der Waals surface area contributed by atoms with Gasteiger partial charge in [-0.05, 0) is 13.3 Å². The van der Waals surface area contributed by atoms with Crippen molar-refractivity contribution in [2.45, 2.75) is 26.7 Å². The minimum Gasteiger partial charge on any atom is -0.367 e.